The van der Waals surface area contributed by atoms with Gasteiger partial charge in [0.1, 0.15) is 5.78 Å². The molecule has 5 aliphatic rings. The Morgan fingerprint density at radius 1 is 0.540 bits per heavy atom. The lowest BCUT2D eigenvalue weighted by atomic mass is 10.2. The Morgan fingerprint density at radius 2 is 0.943 bits per heavy atom. The Morgan fingerprint density at radius 3 is 1.33 bits per heavy atom. The van der Waals surface area contributed by atoms with Gasteiger partial charge in [-0.25, -0.2) is 44.5 Å². The van der Waals surface area contributed by atoms with Crippen LogP contribution in [0.4, 0.5) is 38.4 Å². The first kappa shape index (κ1) is 60.5. The van der Waals surface area contributed by atoms with E-state index in [1.54, 1.807) is 89.7 Å². The molecule has 0 bridgehead atoms. The number of fused-ring (bicyclic) bond motifs is 7. The first-order valence-electron chi connectivity index (χ1n) is 29.3. The summed E-state index contributed by atoms with van der Waals surface area (Å²) >= 11 is 6.72. The van der Waals surface area contributed by atoms with E-state index >= 15 is 0 Å². The molecule has 10 aromatic rings. The van der Waals surface area contributed by atoms with Crippen molar-refractivity contribution in [3.63, 3.8) is 0 Å². The van der Waals surface area contributed by atoms with Crippen LogP contribution in [0.2, 0.25) is 0 Å². The minimum Gasteiger partial charge on any atom is -0.478 e. The molecule has 5 aliphatic carbocycles. The maximum Gasteiger partial charge on any atom is 0.338 e. The average Bonchev–Trinajstić information content (AvgIpc) is 3.36. The maximum atomic E-state index is 12.2. The summed E-state index contributed by atoms with van der Waals surface area (Å²) < 4.78 is 15.9. The number of carbonyl (C=O) groups is 4. The van der Waals surface area contributed by atoms with E-state index in [-0.39, 0.29) is 17.4 Å². The van der Waals surface area contributed by atoms with Gasteiger partial charge in [0.05, 0.1) is 80.2 Å². The van der Waals surface area contributed by atoms with Crippen LogP contribution in [0.25, 0.3) is 33.1 Å². The van der Waals surface area contributed by atoms with Gasteiger partial charge in [-0.15, -0.1) is 45.3 Å². The van der Waals surface area contributed by atoms with Gasteiger partial charge < -0.3 is 55.3 Å². The number of aryl methyl sites for hydroxylation is 11. The molecule has 1 fully saturated rings. The summed E-state index contributed by atoms with van der Waals surface area (Å²) in [5, 5.41) is 25.1. The van der Waals surface area contributed by atoms with Crippen LogP contribution in [0.15, 0.2) is 54.6 Å². The second-order valence-corrected chi connectivity index (χ2v) is 25.9. The molecule has 1 amide bonds. The van der Waals surface area contributed by atoms with Crippen LogP contribution >= 0.6 is 45.3 Å². The molecule has 3 aromatic carbocycles. The number of carboxylic acid groups (broad SMARTS) is 1. The zero-order valence-corrected chi connectivity index (χ0v) is 52.5. The number of nitrogens with zero attached hydrogens (tertiary/aromatic N) is 10. The number of imidazole rings is 3. The second-order valence-electron chi connectivity index (χ2n) is 21.5. The van der Waals surface area contributed by atoms with Crippen molar-refractivity contribution in [3.8, 4) is 0 Å². The van der Waals surface area contributed by atoms with E-state index in [1.165, 1.54) is 74.4 Å². The Labute approximate surface area is 518 Å². The Kier molecular flexibility index (Phi) is 19.0. The van der Waals surface area contributed by atoms with Gasteiger partial charge in [-0.3, -0.25) is 9.59 Å². The summed E-state index contributed by atoms with van der Waals surface area (Å²) in [6, 6.07) is 15.9. The van der Waals surface area contributed by atoms with Crippen LogP contribution < -0.4 is 27.0 Å². The van der Waals surface area contributed by atoms with Crippen LogP contribution in [0.5, 0.6) is 0 Å². The molecular formula is C61H69N15O7S4. The molecule has 26 heteroatoms. The first-order valence-corrected chi connectivity index (χ1v) is 32.5. The number of Topliss-reactive ketones (excluding diaryl/α,β-unsaturated/α-hetero) is 1. The SMILES string of the molecule is CCOC(=O)c1ccc2c(c1)nc(Nc1nc3c(s1)CCC3)n2C.COCCNC(=O)c1ccc2c(c1)nc(Nc1nc3c(s1)CCC3)n2C.Cn1c(Nc2nc3c(s2)CCC3)nc2cc(C(=O)O)ccc21.Nc1nc2c(s1)CCC2.O=C1CCCC1. The van der Waals surface area contributed by atoms with Crippen molar-refractivity contribution >= 4 is 140 Å². The molecule has 22 nitrogen and oxygen atoms in total. The molecule has 7 heterocycles. The number of aromatic carboxylic acids is 1. The minimum atomic E-state index is -0.946. The van der Waals surface area contributed by atoms with Crippen molar-refractivity contribution in [1.82, 2.24) is 53.9 Å². The number of nitrogen functional groups attached to an aromatic ring is 1. The third-order valence-electron chi connectivity index (χ3n) is 15.5. The van der Waals surface area contributed by atoms with E-state index in [9.17, 15) is 19.2 Å². The molecule has 0 atom stereocenters. The van der Waals surface area contributed by atoms with Crippen LogP contribution in [0.1, 0.15) is 132 Å². The molecule has 15 rings (SSSR count). The van der Waals surface area contributed by atoms with Crippen LogP contribution in [-0.2, 0) is 86.8 Å². The van der Waals surface area contributed by atoms with Crippen LogP contribution in [0, 0.1) is 0 Å². The third-order valence-corrected chi connectivity index (χ3v) is 19.7. The number of nitrogens with two attached hydrogens (primary N) is 1. The highest BCUT2D eigenvalue weighted by Gasteiger charge is 2.23. The molecule has 0 unspecified atom stereocenters. The molecule has 7 aromatic heterocycles. The fraction of sp³-hybridized carbons (Fsp3) is 0.393. The standard InChI is InChI=1S/C18H21N5O2S.C17H18N4O2S.C15H14N4O2S.C6H8N2S.C5H8O/c1-23-14-7-6-11(16(24)19-8-9-25-2)10-13(14)20-17(23)22-18-21-12-4-3-5-15(12)26-18;1-3-23-15(22)10-7-8-13-12(9-10)18-16(21(13)2)20-17-19-11-5-4-6-14(11)24-17;1-19-11-6-5-8(13(20)21)7-10(11)16-14(19)18-15-17-9-3-2-4-12(9)22-15;7-6-8-4-2-1-3-5(4)9-6;6-5-3-1-2-4-5/h6-7,10H,3-5,8-9H2,1-2H3,(H,19,24)(H,20,21,22);7-9H,3-6H2,1-2H3,(H,18,19,20);5-7H,2-4H2,1H3,(H,20,21)(H,16,17,18);1-3H2,(H2,7,8);1-4H2. The van der Waals surface area contributed by atoms with Gasteiger partial charge >= 0.3 is 11.9 Å². The summed E-state index contributed by atoms with van der Waals surface area (Å²) in [7, 11) is 7.41. The highest BCUT2D eigenvalue weighted by atomic mass is 32.1. The van der Waals surface area contributed by atoms with Gasteiger partial charge in [-0.05, 0) is 151 Å². The number of amides is 1. The van der Waals surface area contributed by atoms with E-state index in [1.807, 2.05) is 59.1 Å². The summed E-state index contributed by atoms with van der Waals surface area (Å²) in [6.07, 6.45) is 17.7. The molecule has 0 aliphatic heterocycles. The number of aromatic nitrogens is 10. The predicted octanol–water partition coefficient (Wildman–Crippen LogP) is 11.4. The summed E-state index contributed by atoms with van der Waals surface area (Å²) in [5.74, 6) is 1.18. The topological polar surface area (TPSA) is 286 Å². The molecule has 0 radical (unpaired) electrons. The Hall–Kier alpha value is -8.17. The van der Waals surface area contributed by atoms with Gasteiger partial charge in [0.2, 0.25) is 17.8 Å². The van der Waals surface area contributed by atoms with Crippen LogP contribution in [0.3, 0.4) is 0 Å². The number of hydrogen-bond donors (Lipinski definition) is 6. The number of benzene rings is 3. The highest BCUT2D eigenvalue weighted by Crippen LogP contribution is 2.36. The predicted molar refractivity (Wildman–Crippen MR) is 344 cm³/mol. The molecule has 0 spiro atoms. The van der Waals surface area contributed by atoms with Crippen molar-refractivity contribution in [2.24, 2.45) is 21.1 Å². The van der Waals surface area contributed by atoms with Gasteiger partial charge in [0, 0.05) is 72.7 Å². The fourth-order valence-electron chi connectivity index (χ4n) is 10.9. The lowest BCUT2D eigenvalue weighted by Gasteiger charge is -2.04. The number of thiazole rings is 4. The van der Waals surface area contributed by atoms with Crippen molar-refractivity contribution in [2.45, 2.75) is 110 Å². The molecular weight excluding hydrogens is 1180 g/mol. The minimum absolute atomic E-state index is 0.125. The van der Waals surface area contributed by atoms with Crippen molar-refractivity contribution in [3.05, 3.63) is 114 Å². The largest absolute Gasteiger partial charge is 0.478 e. The van der Waals surface area contributed by atoms with Crippen molar-refractivity contribution in [1.29, 1.82) is 0 Å². The maximum absolute atomic E-state index is 12.2. The smallest absolute Gasteiger partial charge is 0.338 e. The zero-order valence-electron chi connectivity index (χ0n) is 49.2. The number of carboxylic acids is 1. The van der Waals surface area contributed by atoms with E-state index in [0.29, 0.717) is 48.1 Å². The van der Waals surface area contributed by atoms with E-state index < -0.39 is 5.97 Å². The van der Waals surface area contributed by atoms with Gasteiger partial charge in [0.15, 0.2) is 20.5 Å². The van der Waals surface area contributed by atoms with E-state index in [4.69, 9.17) is 20.3 Å². The summed E-state index contributed by atoms with van der Waals surface area (Å²) in [6.45, 7) is 3.13. The molecule has 0 saturated heterocycles. The van der Waals surface area contributed by atoms with E-state index in [2.05, 4.69) is 56.2 Å². The number of ether oxygens (including phenoxy) is 2. The molecule has 1 saturated carbocycles. The van der Waals surface area contributed by atoms with Gasteiger partial charge in [-0.2, -0.15) is 0 Å². The van der Waals surface area contributed by atoms with Crippen molar-refractivity contribution < 1.29 is 33.8 Å². The quantitative estimate of drug-likeness (QED) is 0.0462. The number of rotatable bonds is 13. The van der Waals surface area contributed by atoms with E-state index in [0.717, 1.165) is 131 Å². The first-order chi connectivity index (χ1) is 42.2. The number of nitrogens with one attached hydrogen (secondary N) is 4. The van der Waals surface area contributed by atoms with Crippen molar-refractivity contribution in [2.75, 3.05) is 48.6 Å². The Bertz CT molecular complexity index is 4070. The summed E-state index contributed by atoms with van der Waals surface area (Å²) in [5.41, 5.74) is 16.7. The monoisotopic (exact) mass is 1250 g/mol. The second kappa shape index (κ2) is 27.3. The lowest BCUT2D eigenvalue weighted by Crippen LogP contribution is -2.26. The van der Waals surface area contributed by atoms with Gasteiger partial charge in [-0.1, -0.05) is 0 Å². The number of carbonyl (C=O) groups excluding carboxylic acids is 3. The van der Waals surface area contributed by atoms with Crippen LogP contribution in [-0.4, -0.2) is 104 Å². The van der Waals surface area contributed by atoms with Gasteiger partial charge in [0.25, 0.3) is 5.91 Å². The average molecular weight is 1250 g/mol. The fourth-order valence-corrected chi connectivity index (χ4v) is 15.0. The summed E-state index contributed by atoms with van der Waals surface area (Å²) in [4.78, 5) is 82.7. The zero-order chi connectivity index (χ0) is 60.7. The lowest BCUT2D eigenvalue weighted by molar-refractivity contribution is -0.117. The normalized spacial score (nSPS) is 14.2. The number of ketones is 1. The number of hydrogen-bond acceptors (Lipinski definition) is 21. The number of anilines is 7. The number of methoxy groups -OCH3 is 1. The third kappa shape index (κ3) is 14.2. The molecule has 7 N–H and O–H groups in total. The molecule has 454 valence electrons. The Balaban J connectivity index is 0.000000121. The molecule has 87 heavy (non-hydrogen) atoms. The highest BCUT2D eigenvalue weighted by molar-refractivity contribution is 7.16. The number of esters is 1.